The van der Waals surface area contributed by atoms with Crippen LogP contribution in [0.15, 0.2) is 0 Å². The highest BCUT2D eigenvalue weighted by Gasteiger charge is 2.43. The highest BCUT2D eigenvalue weighted by Crippen LogP contribution is 2.44. The van der Waals surface area contributed by atoms with Crippen molar-refractivity contribution in [3.8, 4) is 0 Å². The van der Waals surface area contributed by atoms with Gasteiger partial charge >= 0.3 is 0 Å². The van der Waals surface area contributed by atoms with Crippen molar-refractivity contribution in [2.75, 3.05) is 19.6 Å². The van der Waals surface area contributed by atoms with Gasteiger partial charge in [-0.3, -0.25) is 9.59 Å². The van der Waals surface area contributed by atoms with Crippen LogP contribution < -0.4 is 5.32 Å². The Kier molecular flexibility index (Phi) is 4.48. The standard InChI is InChI=1S/C15H26N2O2/c1-12(2)11-15(6-3-4-7-15)14(19)17-9-5-13(18)16-8-10-17/h12H,3-11H2,1-2H3,(H,16,18). The molecule has 0 aromatic carbocycles. The van der Waals surface area contributed by atoms with Crippen LogP contribution in [0.5, 0.6) is 0 Å². The number of hydrogen-bond donors (Lipinski definition) is 1. The van der Waals surface area contributed by atoms with Crippen molar-refractivity contribution in [1.29, 1.82) is 0 Å². The number of carbonyl (C=O) groups is 2. The van der Waals surface area contributed by atoms with Crippen molar-refractivity contribution in [2.24, 2.45) is 11.3 Å². The summed E-state index contributed by atoms with van der Waals surface area (Å²) in [6, 6.07) is 0. The van der Waals surface area contributed by atoms with Crippen LogP contribution in [-0.4, -0.2) is 36.3 Å². The maximum Gasteiger partial charge on any atom is 0.228 e. The van der Waals surface area contributed by atoms with Gasteiger partial charge in [0.05, 0.1) is 0 Å². The molecule has 1 aliphatic heterocycles. The molecule has 0 unspecified atom stereocenters. The molecule has 0 radical (unpaired) electrons. The van der Waals surface area contributed by atoms with Crippen molar-refractivity contribution in [3.05, 3.63) is 0 Å². The Hall–Kier alpha value is -1.06. The molecule has 1 aliphatic carbocycles. The average molecular weight is 266 g/mol. The summed E-state index contributed by atoms with van der Waals surface area (Å²) in [7, 11) is 0. The molecular formula is C15H26N2O2. The van der Waals surface area contributed by atoms with Gasteiger partial charge in [0.2, 0.25) is 11.8 Å². The van der Waals surface area contributed by atoms with E-state index in [0.717, 1.165) is 19.3 Å². The van der Waals surface area contributed by atoms with Gasteiger partial charge < -0.3 is 10.2 Å². The monoisotopic (exact) mass is 266 g/mol. The molecule has 0 spiro atoms. The molecule has 2 rings (SSSR count). The zero-order valence-electron chi connectivity index (χ0n) is 12.2. The van der Waals surface area contributed by atoms with Gasteiger partial charge in [-0.25, -0.2) is 0 Å². The second-order valence-electron chi connectivity index (χ2n) is 6.48. The lowest BCUT2D eigenvalue weighted by atomic mass is 9.77. The molecule has 0 bridgehead atoms. The van der Waals surface area contributed by atoms with E-state index in [1.165, 1.54) is 12.8 Å². The van der Waals surface area contributed by atoms with Gasteiger partial charge in [-0.05, 0) is 25.2 Å². The molecule has 2 fully saturated rings. The summed E-state index contributed by atoms with van der Waals surface area (Å²) in [6.45, 7) is 6.25. The van der Waals surface area contributed by atoms with Crippen LogP contribution in [0.1, 0.15) is 52.4 Å². The average Bonchev–Trinajstić information content (AvgIpc) is 2.71. The molecule has 1 N–H and O–H groups in total. The quantitative estimate of drug-likeness (QED) is 0.848. The van der Waals surface area contributed by atoms with Crippen molar-refractivity contribution >= 4 is 11.8 Å². The fraction of sp³-hybridized carbons (Fsp3) is 0.867. The summed E-state index contributed by atoms with van der Waals surface area (Å²) >= 11 is 0. The van der Waals surface area contributed by atoms with E-state index in [1.54, 1.807) is 0 Å². The fourth-order valence-electron chi connectivity index (χ4n) is 3.64. The minimum Gasteiger partial charge on any atom is -0.354 e. The van der Waals surface area contributed by atoms with E-state index in [4.69, 9.17) is 0 Å². The summed E-state index contributed by atoms with van der Waals surface area (Å²) in [5.74, 6) is 0.920. The minimum absolute atomic E-state index is 0.0691. The van der Waals surface area contributed by atoms with E-state index in [1.807, 2.05) is 4.90 Å². The molecular weight excluding hydrogens is 240 g/mol. The third kappa shape index (κ3) is 3.28. The van der Waals surface area contributed by atoms with Gasteiger partial charge in [0, 0.05) is 31.5 Å². The van der Waals surface area contributed by atoms with E-state index in [2.05, 4.69) is 19.2 Å². The van der Waals surface area contributed by atoms with Crippen LogP contribution in [0.2, 0.25) is 0 Å². The summed E-state index contributed by atoms with van der Waals surface area (Å²) in [5.41, 5.74) is -0.137. The Morgan fingerprint density at radius 2 is 2.00 bits per heavy atom. The SMILES string of the molecule is CC(C)CC1(C(=O)N2CCNC(=O)CC2)CCCC1. The van der Waals surface area contributed by atoms with Crippen molar-refractivity contribution in [2.45, 2.75) is 52.4 Å². The lowest BCUT2D eigenvalue weighted by molar-refractivity contribution is -0.142. The van der Waals surface area contributed by atoms with Crippen LogP contribution in [-0.2, 0) is 9.59 Å². The number of amides is 2. The van der Waals surface area contributed by atoms with Gasteiger partial charge in [0.15, 0.2) is 0 Å². The third-order valence-corrected chi connectivity index (χ3v) is 4.41. The molecule has 4 heteroatoms. The van der Waals surface area contributed by atoms with Crippen molar-refractivity contribution in [1.82, 2.24) is 10.2 Å². The van der Waals surface area contributed by atoms with Gasteiger partial charge in [0.25, 0.3) is 0 Å². The Labute approximate surface area is 115 Å². The Morgan fingerprint density at radius 1 is 1.32 bits per heavy atom. The number of nitrogens with one attached hydrogen (secondary N) is 1. The maximum absolute atomic E-state index is 12.9. The largest absolute Gasteiger partial charge is 0.354 e. The van der Waals surface area contributed by atoms with Gasteiger partial charge in [-0.2, -0.15) is 0 Å². The lowest BCUT2D eigenvalue weighted by Crippen LogP contribution is -2.44. The lowest BCUT2D eigenvalue weighted by Gasteiger charge is -2.35. The van der Waals surface area contributed by atoms with Crippen LogP contribution in [0.4, 0.5) is 0 Å². The first-order valence-electron chi connectivity index (χ1n) is 7.60. The highest BCUT2D eigenvalue weighted by atomic mass is 16.2. The molecule has 2 amide bonds. The molecule has 1 heterocycles. The summed E-state index contributed by atoms with van der Waals surface area (Å²) in [5, 5.41) is 2.84. The summed E-state index contributed by atoms with van der Waals surface area (Å²) in [4.78, 5) is 26.2. The summed E-state index contributed by atoms with van der Waals surface area (Å²) in [6.07, 6.45) is 5.84. The number of carbonyl (C=O) groups excluding carboxylic acids is 2. The van der Waals surface area contributed by atoms with Crippen molar-refractivity contribution < 1.29 is 9.59 Å². The second-order valence-corrected chi connectivity index (χ2v) is 6.48. The van der Waals surface area contributed by atoms with E-state index in [0.29, 0.717) is 37.9 Å². The van der Waals surface area contributed by atoms with Crippen LogP contribution in [0.3, 0.4) is 0 Å². The van der Waals surface area contributed by atoms with Crippen LogP contribution >= 0.6 is 0 Å². The predicted molar refractivity (Wildman–Crippen MR) is 74.6 cm³/mol. The van der Waals surface area contributed by atoms with E-state index >= 15 is 0 Å². The topological polar surface area (TPSA) is 49.4 Å². The third-order valence-electron chi connectivity index (χ3n) is 4.41. The Balaban J connectivity index is 2.08. The predicted octanol–water partition coefficient (Wildman–Crippen LogP) is 1.94. The smallest absolute Gasteiger partial charge is 0.228 e. The summed E-state index contributed by atoms with van der Waals surface area (Å²) < 4.78 is 0. The zero-order chi connectivity index (χ0) is 13.9. The molecule has 108 valence electrons. The Bertz CT molecular complexity index is 346. The molecule has 1 saturated carbocycles. The molecule has 0 aromatic rings. The maximum atomic E-state index is 12.9. The molecule has 2 aliphatic rings. The number of rotatable bonds is 3. The fourth-order valence-corrected chi connectivity index (χ4v) is 3.64. The zero-order valence-corrected chi connectivity index (χ0v) is 12.2. The first-order valence-corrected chi connectivity index (χ1v) is 7.60. The van der Waals surface area contributed by atoms with Crippen LogP contribution in [0.25, 0.3) is 0 Å². The first kappa shape index (κ1) is 14.4. The van der Waals surface area contributed by atoms with E-state index in [9.17, 15) is 9.59 Å². The molecule has 4 nitrogen and oxygen atoms in total. The molecule has 0 atom stereocenters. The van der Waals surface area contributed by atoms with E-state index in [-0.39, 0.29) is 11.3 Å². The van der Waals surface area contributed by atoms with Gasteiger partial charge in [-0.1, -0.05) is 26.7 Å². The van der Waals surface area contributed by atoms with Gasteiger partial charge in [0.1, 0.15) is 0 Å². The normalized spacial score (nSPS) is 23.3. The van der Waals surface area contributed by atoms with Gasteiger partial charge in [-0.15, -0.1) is 0 Å². The van der Waals surface area contributed by atoms with Crippen LogP contribution in [0, 0.1) is 11.3 Å². The van der Waals surface area contributed by atoms with E-state index < -0.39 is 0 Å². The minimum atomic E-state index is -0.137. The number of nitrogens with zero attached hydrogens (tertiary/aromatic N) is 1. The van der Waals surface area contributed by atoms with Crippen molar-refractivity contribution in [3.63, 3.8) is 0 Å². The Morgan fingerprint density at radius 3 is 2.63 bits per heavy atom. The molecule has 1 saturated heterocycles. The highest BCUT2D eigenvalue weighted by molar-refractivity contribution is 5.84. The first-order chi connectivity index (χ1) is 9.03. The second kappa shape index (κ2) is 5.93. The molecule has 0 aromatic heterocycles. The molecule has 19 heavy (non-hydrogen) atoms. The number of hydrogen-bond acceptors (Lipinski definition) is 2.